The van der Waals surface area contributed by atoms with Crippen LogP contribution in [0.3, 0.4) is 0 Å². The third-order valence-corrected chi connectivity index (χ3v) is 5.43. The van der Waals surface area contributed by atoms with E-state index >= 15 is 0 Å². The second kappa shape index (κ2) is 7.31. The molecule has 1 rings (SSSR count). The molecular formula is C12H22N3O3PS. The van der Waals surface area contributed by atoms with Gasteiger partial charge in [0.2, 0.25) is 11.8 Å². The fourth-order valence-corrected chi connectivity index (χ4v) is 2.48. The second-order valence-electron chi connectivity index (χ2n) is 4.12. The molecule has 0 radical (unpaired) electrons. The molecule has 0 bridgehead atoms. The molecule has 0 saturated carbocycles. The SMILES string of the molecule is CCN(CC)c1nc(C)c(C)c(OP(=S)(OC)OC)n1. The number of aromatic nitrogens is 2. The first-order chi connectivity index (χ1) is 9.40. The number of hydrogen-bond acceptors (Lipinski definition) is 7. The molecule has 0 aliphatic rings. The number of nitrogens with zero attached hydrogens (tertiary/aromatic N) is 3. The maximum atomic E-state index is 5.70. The van der Waals surface area contributed by atoms with Gasteiger partial charge in [-0.25, -0.2) is 4.98 Å². The van der Waals surface area contributed by atoms with Crippen molar-refractivity contribution >= 4 is 24.5 Å². The van der Waals surface area contributed by atoms with E-state index in [0.717, 1.165) is 24.3 Å². The van der Waals surface area contributed by atoms with Gasteiger partial charge in [0.1, 0.15) is 0 Å². The average molecular weight is 319 g/mol. The predicted octanol–water partition coefficient (Wildman–Crippen LogP) is 2.84. The molecule has 0 spiro atoms. The Kier molecular flexibility index (Phi) is 6.33. The molecule has 0 unspecified atom stereocenters. The molecule has 6 nitrogen and oxygen atoms in total. The van der Waals surface area contributed by atoms with Crippen molar-refractivity contribution in [3.05, 3.63) is 11.3 Å². The Bertz CT molecular complexity index is 501. The Morgan fingerprint density at radius 1 is 1.10 bits per heavy atom. The van der Waals surface area contributed by atoms with Crippen LogP contribution in [0.25, 0.3) is 0 Å². The highest BCUT2D eigenvalue weighted by molar-refractivity contribution is 8.07. The van der Waals surface area contributed by atoms with Gasteiger partial charge in [-0.15, -0.1) is 0 Å². The summed E-state index contributed by atoms with van der Waals surface area (Å²) in [5.74, 6) is 1.05. The molecule has 20 heavy (non-hydrogen) atoms. The summed E-state index contributed by atoms with van der Waals surface area (Å²) in [4.78, 5) is 11.0. The molecule has 0 amide bonds. The Hall–Kier alpha value is -0.750. The van der Waals surface area contributed by atoms with Gasteiger partial charge in [0, 0.05) is 50.4 Å². The van der Waals surface area contributed by atoms with E-state index in [9.17, 15) is 0 Å². The standard InChI is InChI=1S/C12H22N3O3PS/c1-7-15(8-2)12-13-10(4)9(3)11(14-12)18-19(20,16-5)17-6/h7-8H2,1-6H3. The molecule has 0 aliphatic heterocycles. The summed E-state index contributed by atoms with van der Waals surface area (Å²) in [7, 11) is 2.94. The molecule has 0 saturated heterocycles. The maximum absolute atomic E-state index is 5.70. The van der Waals surface area contributed by atoms with Gasteiger partial charge in [-0.1, -0.05) is 0 Å². The van der Waals surface area contributed by atoms with Gasteiger partial charge in [0.15, 0.2) is 0 Å². The lowest BCUT2D eigenvalue weighted by atomic mass is 10.2. The van der Waals surface area contributed by atoms with E-state index in [1.807, 2.05) is 18.7 Å². The van der Waals surface area contributed by atoms with Gasteiger partial charge >= 0.3 is 6.72 Å². The van der Waals surface area contributed by atoms with Crippen LogP contribution in [-0.4, -0.2) is 37.3 Å². The zero-order valence-electron chi connectivity index (χ0n) is 12.8. The van der Waals surface area contributed by atoms with Crippen LogP contribution in [0.1, 0.15) is 25.1 Å². The van der Waals surface area contributed by atoms with Crippen LogP contribution in [0.5, 0.6) is 5.88 Å². The number of rotatable bonds is 7. The van der Waals surface area contributed by atoms with Crippen LogP contribution in [0.15, 0.2) is 0 Å². The third kappa shape index (κ3) is 3.88. The van der Waals surface area contributed by atoms with Crippen LogP contribution in [0.2, 0.25) is 0 Å². The molecule has 0 atom stereocenters. The molecule has 8 heteroatoms. The largest absolute Gasteiger partial charge is 0.405 e. The van der Waals surface area contributed by atoms with Crippen molar-refractivity contribution < 1.29 is 13.6 Å². The van der Waals surface area contributed by atoms with Crippen LogP contribution < -0.4 is 9.42 Å². The van der Waals surface area contributed by atoms with Gasteiger partial charge in [-0.2, -0.15) is 4.98 Å². The van der Waals surface area contributed by atoms with Gasteiger partial charge in [-0.3, -0.25) is 0 Å². The molecule has 1 heterocycles. The summed E-state index contributed by atoms with van der Waals surface area (Å²) in [6, 6.07) is 0. The maximum Gasteiger partial charge on any atom is 0.381 e. The average Bonchev–Trinajstić information content (AvgIpc) is 2.45. The van der Waals surface area contributed by atoms with E-state index in [1.165, 1.54) is 14.2 Å². The Morgan fingerprint density at radius 2 is 1.65 bits per heavy atom. The van der Waals surface area contributed by atoms with Gasteiger partial charge in [0.05, 0.1) is 0 Å². The second-order valence-corrected chi connectivity index (χ2v) is 7.26. The molecule has 0 fully saturated rings. The van der Waals surface area contributed by atoms with Crippen molar-refractivity contribution in [2.45, 2.75) is 27.7 Å². The predicted molar refractivity (Wildman–Crippen MR) is 84.0 cm³/mol. The van der Waals surface area contributed by atoms with Crippen molar-refractivity contribution in [3.63, 3.8) is 0 Å². The normalized spacial score (nSPS) is 11.5. The van der Waals surface area contributed by atoms with Crippen LogP contribution >= 0.6 is 6.72 Å². The first kappa shape index (κ1) is 17.3. The van der Waals surface area contributed by atoms with Crippen molar-refractivity contribution in [3.8, 4) is 5.88 Å². The minimum Gasteiger partial charge on any atom is -0.405 e. The van der Waals surface area contributed by atoms with Crippen molar-refractivity contribution in [2.75, 3.05) is 32.2 Å². The van der Waals surface area contributed by atoms with Gasteiger partial charge in [0.25, 0.3) is 0 Å². The lowest BCUT2D eigenvalue weighted by Crippen LogP contribution is -2.24. The van der Waals surface area contributed by atoms with Crippen molar-refractivity contribution in [1.29, 1.82) is 0 Å². The minimum atomic E-state index is -2.79. The van der Waals surface area contributed by atoms with Gasteiger partial charge < -0.3 is 18.5 Å². The lowest BCUT2D eigenvalue weighted by molar-refractivity contribution is 0.269. The summed E-state index contributed by atoms with van der Waals surface area (Å²) in [5, 5.41) is 0. The van der Waals surface area contributed by atoms with Crippen LogP contribution in [0, 0.1) is 13.8 Å². The lowest BCUT2D eigenvalue weighted by Gasteiger charge is -2.23. The van der Waals surface area contributed by atoms with Crippen LogP contribution in [-0.2, 0) is 20.9 Å². The monoisotopic (exact) mass is 319 g/mol. The minimum absolute atomic E-state index is 0.423. The Balaban J connectivity index is 3.22. The molecule has 114 valence electrons. The molecule has 0 aliphatic carbocycles. The molecular weight excluding hydrogens is 297 g/mol. The molecule has 1 aromatic heterocycles. The zero-order valence-corrected chi connectivity index (χ0v) is 14.5. The highest BCUT2D eigenvalue weighted by atomic mass is 32.5. The Labute approximate surface area is 125 Å². The summed E-state index contributed by atoms with van der Waals surface area (Å²) in [6.07, 6.45) is 0. The van der Waals surface area contributed by atoms with E-state index in [2.05, 4.69) is 23.8 Å². The molecule has 0 aromatic carbocycles. The Morgan fingerprint density at radius 3 is 2.10 bits per heavy atom. The van der Waals surface area contributed by atoms with E-state index < -0.39 is 6.72 Å². The van der Waals surface area contributed by atoms with E-state index in [1.54, 1.807) is 0 Å². The topological polar surface area (TPSA) is 56.7 Å². The van der Waals surface area contributed by atoms with E-state index in [4.69, 9.17) is 25.4 Å². The summed E-state index contributed by atoms with van der Waals surface area (Å²) in [6.45, 7) is 6.76. The fraction of sp³-hybridized carbons (Fsp3) is 0.667. The summed E-state index contributed by atoms with van der Waals surface area (Å²) in [5.41, 5.74) is 1.69. The number of hydrogen-bond donors (Lipinski definition) is 0. The first-order valence-electron chi connectivity index (χ1n) is 6.42. The fourth-order valence-electron chi connectivity index (χ4n) is 1.58. The first-order valence-corrected chi connectivity index (χ1v) is 8.97. The summed E-state index contributed by atoms with van der Waals surface area (Å²) < 4.78 is 16.0. The van der Waals surface area contributed by atoms with Gasteiger partial charge in [-0.05, 0) is 27.7 Å². The summed E-state index contributed by atoms with van der Waals surface area (Å²) >= 11 is 5.23. The van der Waals surface area contributed by atoms with E-state index in [0.29, 0.717) is 11.8 Å². The molecule has 1 aromatic rings. The van der Waals surface area contributed by atoms with Crippen LogP contribution in [0.4, 0.5) is 5.95 Å². The quantitative estimate of drug-likeness (QED) is 0.716. The van der Waals surface area contributed by atoms with Crippen molar-refractivity contribution in [1.82, 2.24) is 9.97 Å². The number of anilines is 1. The highest BCUT2D eigenvalue weighted by Crippen LogP contribution is 2.48. The molecule has 0 N–H and O–H groups in total. The third-order valence-electron chi connectivity index (χ3n) is 3.02. The number of aryl methyl sites for hydroxylation is 1. The highest BCUT2D eigenvalue weighted by Gasteiger charge is 2.22. The smallest absolute Gasteiger partial charge is 0.381 e. The zero-order chi connectivity index (χ0) is 15.3. The van der Waals surface area contributed by atoms with Crippen molar-refractivity contribution in [2.24, 2.45) is 0 Å². The van der Waals surface area contributed by atoms with E-state index in [-0.39, 0.29) is 0 Å².